The number of nitrogens with zero attached hydrogens (tertiary/aromatic N) is 2. The summed E-state index contributed by atoms with van der Waals surface area (Å²) >= 11 is 5.99. The van der Waals surface area contributed by atoms with Crippen molar-refractivity contribution in [3.63, 3.8) is 0 Å². The van der Waals surface area contributed by atoms with Crippen LogP contribution in [0.2, 0.25) is 5.15 Å². The van der Waals surface area contributed by atoms with Crippen molar-refractivity contribution in [2.45, 2.75) is 18.4 Å². The fourth-order valence-electron chi connectivity index (χ4n) is 2.47. The average Bonchev–Trinajstić information content (AvgIpc) is 2.90. The van der Waals surface area contributed by atoms with E-state index in [-0.39, 0.29) is 0 Å². The van der Waals surface area contributed by atoms with Gasteiger partial charge in [-0.1, -0.05) is 17.7 Å². The fraction of sp³-hybridized carbons (Fsp3) is 0.286. The molecule has 3 heterocycles. The Bertz CT molecular complexity index is 539. The van der Waals surface area contributed by atoms with Gasteiger partial charge in [0.2, 0.25) is 0 Å². The Morgan fingerprint density at radius 1 is 1.17 bits per heavy atom. The van der Waals surface area contributed by atoms with Crippen molar-refractivity contribution in [1.29, 1.82) is 0 Å². The van der Waals surface area contributed by atoms with Crippen molar-refractivity contribution in [3.8, 4) is 0 Å². The number of halogens is 1. The van der Waals surface area contributed by atoms with Gasteiger partial charge >= 0.3 is 0 Å². The van der Waals surface area contributed by atoms with E-state index < -0.39 is 5.60 Å². The number of rotatable bonds is 2. The van der Waals surface area contributed by atoms with Crippen molar-refractivity contribution in [2.24, 2.45) is 0 Å². The minimum absolute atomic E-state index is 0.464. The number of ether oxygens (including phenoxy) is 1. The second-order valence-electron chi connectivity index (χ2n) is 4.36. The summed E-state index contributed by atoms with van der Waals surface area (Å²) in [7, 11) is 0. The maximum Gasteiger partial charge on any atom is 0.135 e. The molecular formula is C14H13ClN2O. The first kappa shape index (κ1) is 11.6. The van der Waals surface area contributed by atoms with E-state index in [9.17, 15) is 0 Å². The molecule has 3 rings (SSSR count). The van der Waals surface area contributed by atoms with Crippen LogP contribution in [-0.4, -0.2) is 16.6 Å². The monoisotopic (exact) mass is 260 g/mol. The van der Waals surface area contributed by atoms with Gasteiger partial charge in [0, 0.05) is 19.0 Å². The SMILES string of the molecule is Clc1cc(C2(c3ccccn3)CCCO2)ccn1. The third kappa shape index (κ3) is 1.89. The zero-order valence-corrected chi connectivity index (χ0v) is 10.6. The van der Waals surface area contributed by atoms with Crippen LogP contribution in [0.5, 0.6) is 0 Å². The topological polar surface area (TPSA) is 35.0 Å². The van der Waals surface area contributed by atoms with Crippen LogP contribution in [0, 0.1) is 0 Å². The zero-order valence-electron chi connectivity index (χ0n) is 9.84. The average molecular weight is 261 g/mol. The molecule has 0 aromatic carbocycles. The van der Waals surface area contributed by atoms with E-state index in [0.717, 1.165) is 30.7 Å². The Morgan fingerprint density at radius 3 is 2.78 bits per heavy atom. The Morgan fingerprint density at radius 2 is 2.11 bits per heavy atom. The Balaban J connectivity index is 2.13. The molecule has 1 unspecified atom stereocenters. The van der Waals surface area contributed by atoms with Gasteiger partial charge in [-0.15, -0.1) is 0 Å². The summed E-state index contributed by atoms with van der Waals surface area (Å²) in [6.07, 6.45) is 5.45. The summed E-state index contributed by atoms with van der Waals surface area (Å²) in [5.41, 5.74) is 1.50. The van der Waals surface area contributed by atoms with Crippen LogP contribution in [0.4, 0.5) is 0 Å². The number of hydrogen-bond acceptors (Lipinski definition) is 3. The van der Waals surface area contributed by atoms with Crippen LogP contribution >= 0.6 is 11.6 Å². The molecular weight excluding hydrogens is 248 g/mol. The molecule has 0 saturated carbocycles. The minimum Gasteiger partial charge on any atom is -0.364 e. The molecule has 3 nitrogen and oxygen atoms in total. The van der Waals surface area contributed by atoms with E-state index in [1.807, 2.05) is 30.3 Å². The number of pyridine rings is 2. The zero-order chi connectivity index (χ0) is 12.4. The lowest BCUT2D eigenvalue weighted by Gasteiger charge is -2.28. The van der Waals surface area contributed by atoms with Gasteiger partial charge in [-0.25, -0.2) is 4.98 Å². The van der Waals surface area contributed by atoms with E-state index >= 15 is 0 Å². The maximum atomic E-state index is 6.02. The van der Waals surface area contributed by atoms with Crippen molar-refractivity contribution in [3.05, 3.63) is 59.1 Å². The normalized spacial score (nSPS) is 23.2. The van der Waals surface area contributed by atoms with Crippen LogP contribution < -0.4 is 0 Å². The fourth-order valence-corrected chi connectivity index (χ4v) is 2.65. The molecule has 4 heteroatoms. The predicted octanol–water partition coefficient (Wildman–Crippen LogP) is 3.18. The van der Waals surface area contributed by atoms with Gasteiger partial charge in [-0.2, -0.15) is 0 Å². The van der Waals surface area contributed by atoms with Crippen LogP contribution in [0.1, 0.15) is 24.1 Å². The molecule has 0 spiro atoms. The molecule has 2 aromatic heterocycles. The molecule has 0 aliphatic carbocycles. The summed E-state index contributed by atoms with van der Waals surface area (Å²) in [5, 5.41) is 0.485. The second kappa shape index (κ2) is 4.67. The Hall–Kier alpha value is -1.45. The van der Waals surface area contributed by atoms with E-state index in [0.29, 0.717) is 5.15 Å². The van der Waals surface area contributed by atoms with E-state index in [4.69, 9.17) is 16.3 Å². The second-order valence-corrected chi connectivity index (χ2v) is 4.75. The highest BCUT2D eigenvalue weighted by Crippen LogP contribution is 2.41. The van der Waals surface area contributed by atoms with E-state index in [1.54, 1.807) is 12.4 Å². The number of aromatic nitrogens is 2. The van der Waals surface area contributed by atoms with E-state index in [2.05, 4.69) is 9.97 Å². The summed E-state index contributed by atoms with van der Waals surface area (Å²) in [6, 6.07) is 9.70. The largest absolute Gasteiger partial charge is 0.364 e. The molecule has 0 radical (unpaired) electrons. The van der Waals surface area contributed by atoms with Gasteiger partial charge in [0.15, 0.2) is 0 Å². The highest BCUT2D eigenvalue weighted by atomic mass is 35.5. The maximum absolute atomic E-state index is 6.02. The van der Waals surface area contributed by atoms with Crippen molar-refractivity contribution >= 4 is 11.6 Å². The molecule has 1 saturated heterocycles. The summed E-state index contributed by atoms with van der Waals surface area (Å²) in [4.78, 5) is 8.48. The number of hydrogen-bond donors (Lipinski definition) is 0. The third-order valence-corrected chi connectivity index (χ3v) is 3.50. The summed E-state index contributed by atoms with van der Waals surface area (Å²) in [6.45, 7) is 0.747. The predicted molar refractivity (Wildman–Crippen MR) is 69.5 cm³/mol. The molecule has 92 valence electrons. The quantitative estimate of drug-likeness (QED) is 0.778. The van der Waals surface area contributed by atoms with Gasteiger partial charge in [0.05, 0.1) is 5.69 Å². The van der Waals surface area contributed by atoms with Gasteiger partial charge in [0.25, 0.3) is 0 Å². The first-order valence-corrected chi connectivity index (χ1v) is 6.36. The van der Waals surface area contributed by atoms with Gasteiger partial charge in [-0.05, 0) is 42.7 Å². The smallest absolute Gasteiger partial charge is 0.135 e. The third-order valence-electron chi connectivity index (χ3n) is 3.29. The standard InChI is InChI=1S/C14H13ClN2O/c15-13-10-11(5-8-17-13)14(6-3-9-18-14)12-4-1-2-7-16-12/h1-2,4-5,7-8,10H,3,6,9H2. The minimum atomic E-state index is -0.464. The highest BCUT2D eigenvalue weighted by molar-refractivity contribution is 6.29. The Labute approximate surface area is 111 Å². The van der Waals surface area contributed by atoms with Gasteiger partial charge in [0.1, 0.15) is 10.8 Å². The molecule has 2 aromatic rings. The molecule has 1 aliphatic heterocycles. The summed E-state index contributed by atoms with van der Waals surface area (Å²) < 4.78 is 6.02. The van der Waals surface area contributed by atoms with Crippen molar-refractivity contribution < 1.29 is 4.74 Å². The van der Waals surface area contributed by atoms with Gasteiger partial charge in [-0.3, -0.25) is 4.98 Å². The molecule has 0 bridgehead atoms. The van der Waals surface area contributed by atoms with Crippen LogP contribution in [-0.2, 0) is 10.3 Å². The van der Waals surface area contributed by atoms with Crippen LogP contribution in [0.25, 0.3) is 0 Å². The van der Waals surface area contributed by atoms with Crippen LogP contribution in [0.3, 0.4) is 0 Å². The van der Waals surface area contributed by atoms with Crippen molar-refractivity contribution in [2.75, 3.05) is 6.61 Å². The molecule has 0 N–H and O–H groups in total. The van der Waals surface area contributed by atoms with E-state index in [1.165, 1.54) is 0 Å². The first-order valence-electron chi connectivity index (χ1n) is 5.99. The first-order chi connectivity index (χ1) is 8.81. The van der Waals surface area contributed by atoms with Crippen molar-refractivity contribution in [1.82, 2.24) is 9.97 Å². The lowest BCUT2D eigenvalue weighted by molar-refractivity contribution is 0.0323. The lowest BCUT2D eigenvalue weighted by atomic mass is 9.88. The molecule has 0 amide bonds. The molecule has 18 heavy (non-hydrogen) atoms. The molecule has 1 aliphatic rings. The molecule has 1 fully saturated rings. The summed E-state index contributed by atoms with van der Waals surface area (Å²) in [5.74, 6) is 0. The Kier molecular flexibility index (Phi) is 3.02. The lowest BCUT2D eigenvalue weighted by Crippen LogP contribution is -2.27. The highest BCUT2D eigenvalue weighted by Gasteiger charge is 2.40. The van der Waals surface area contributed by atoms with Gasteiger partial charge < -0.3 is 4.74 Å². The van der Waals surface area contributed by atoms with Crippen LogP contribution in [0.15, 0.2) is 42.7 Å². The molecule has 1 atom stereocenters.